The van der Waals surface area contributed by atoms with Crippen LogP contribution in [-0.4, -0.2) is 75.3 Å². The molecule has 3 fully saturated rings. The quantitative estimate of drug-likeness (QED) is 0.545. The zero-order valence-corrected chi connectivity index (χ0v) is 21.2. The molecule has 1 atom stereocenters. The molecule has 0 aromatic heterocycles. The molecule has 1 aromatic carbocycles. The number of benzene rings is 1. The van der Waals surface area contributed by atoms with Crippen LogP contribution in [0.2, 0.25) is 0 Å². The molecule has 2 aliphatic heterocycles. The van der Waals surface area contributed by atoms with Crippen LogP contribution in [0.15, 0.2) is 18.2 Å². The molecule has 4 rings (SSSR count). The number of piperidine rings is 2. The Hall–Kier alpha value is -1.78. The van der Waals surface area contributed by atoms with Crippen LogP contribution >= 0.6 is 0 Å². The molecule has 1 N–H and O–H groups in total. The van der Waals surface area contributed by atoms with E-state index in [4.69, 9.17) is 4.74 Å². The number of rotatable bonds is 9. The fraction of sp³-hybridized carbons (Fsp3) is 0.720. The number of likely N-dealkylation sites (tertiary alicyclic amines) is 1. The first-order valence-corrected chi connectivity index (χ1v) is 14.6. The molecule has 0 unspecified atom stereocenters. The number of amides is 1. The van der Waals surface area contributed by atoms with Crippen LogP contribution in [0.4, 0.5) is 13.6 Å². The highest BCUT2D eigenvalue weighted by molar-refractivity contribution is 7.88. The van der Waals surface area contributed by atoms with E-state index >= 15 is 0 Å². The third-order valence-electron chi connectivity index (χ3n) is 7.66. The van der Waals surface area contributed by atoms with Crippen molar-refractivity contribution in [1.29, 1.82) is 0 Å². The molecule has 35 heavy (non-hydrogen) atoms. The van der Waals surface area contributed by atoms with Crippen molar-refractivity contribution in [2.24, 2.45) is 11.8 Å². The number of carbonyl (C=O) groups is 1. The van der Waals surface area contributed by atoms with Gasteiger partial charge in [0.2, 0.25) is 10.0 Å². The topological polar surface area (TPSA) is 79.0 Å². The summed E-state index contributed by atoms with van der Waals surface area (Å²) in [6.07, 6.45) is 6.94. The second kappa shape index (κ2) is 11.5. The Kier molecular flexibility index (Phi) is 8.65. The zero-order valence-electron chi connectivity index (χ0n) is 20.4. The average Bonchev–Trinajstić information content (AvgIpc) is 3.63. The van der Waals surface area contributed by atoms with E-state index in [-0.39, 0.29) is 24.0 Å². The standard InChI is InChI=1S/C25H37F2N3O4S/c1-35(32,33)30-12-4-19(5-13-30)24(20-14-21(26)16-22(27)15-20)8-11-29-9-6-23(7-10-29)28-25(31)34-17-18-2-3-18/h14-16,18-19,23-24H,2-13,17H2,1H3,(H,28,31)/t24-/m1/s1. The van der Waals surface area contributed by atoms with Gasteiger partial charge in [-0.25, -0.2) is 26.3 Å². The third kappa shape index (κ3) is 7.85. The summed E-state index contributed by atoms with van der Waals surface area (Å²) in [5.41, 5.74) is 0.648. The smallest absolute Gasteiger partial charge is 0.407 e. The van der Waals surface area contributed by atoms with Crippen molar-refractivity contribution in [3.8, 4) is 0 Å². The first kappa shape index (κ1) is 26.3. The predicted molar refractivity (Wildman–Crippen MR) is 130 cm³/mol. The van der Waals surface area contributed by atoms with Gasteiger partial charge in [0.15, 0.2) is 0 Å². The van der Waals surface area contributed by atoms with Crippen molar-refractivity contribution < 1.29 is 26.7 Å². The maximum Gasteiger partial charge on any atom is 0.407 e. The van der Waals surface area contributed by atoms with Crippen molar-refractivity contribution in [2.75, 3.05) is 45.6 Å². The number of hydrogen-bond acceptors (Lipinski definition) is 5. The van der Waals surface area contributed by atoms with Gasteiger partial charge >= 0.3 is 6.09 Å². The highest BCUT2D eigenvalue weighted by Gasteiger charge is 2.32. The van der Waals surface area contributed by atoms with Gasteiger partial charge in [-0.3, -0.25) is 0 Å². The minimum Gasteiger partial charge on any atom is -0.449 e. The minimum atomic E-state index is -3.24. The van der Waals surface area contributed by atoms with E-state index in [1.807, 2.05) is 0 Å². The minimum absolute atomic E-state index is 0.0461. The molecule has 1 saturated carbocycles. The number of sulfonamides is 1. The van der Waals surface area contributed by atoms with Gasteiger partial charge in [-0.15, -0.1) is 0 Å². The molecular weight excluding hydrogens is 476 g/mol. The van der Waals surface area contributed by atoms with Crippen LogP contribution in [0.25, 0.3) is 0 Å². The number of halogens is 2. The molecule has 0 radical (unpaired) electrons. The number of hydrogen-bond donors (Lipinski definition) is 1. The van der Waals surface area contributed by atoms with Crippen LogP contribution in [0, 0.1) is 23.5 Å². The fourth-order valence-corrected chi connectivity index (χ4v) is 6.26. The molecule has 2 heterocycles. The van der Waals surface area contributed by atoms with E-state index < -0.39 is 21.7 Å². The monoisotopic (exact) mass is 513 g/mol. The second-order valence-electron chi connectivity index (χ2n) is 10.4. The number of carbonyl (C=O) groups excluding carboxylic acids is 1. The van der Waals surface area contributed by atoms with Crippen LogP contribution in [0.5, 0.6) is 0 Å². The van der Waals surface area contributed by atoms with Crippen molar-refractivity contribution in [3.63, 3.8) is 0 Å². The Morgan fingerprint density at radius 3 is 2.23 bits per heavy atom. The molecule has 1 aromatic rings. The van der Waals surface area contributed by atoms with Crippen molar-refractivity contribution >= 4 is 16.1 Å². The molecule has 196 valence electrons. The molecule has 10 heteroatoms. The van der Waals surface area contributed by atoms with E-state index in [1.165, 1.54) is 22.7 Å². The molecular formula is C25H37F2N3O4S. The molecule has 0 spiro atoms. The maximum absolute atomic E-state index is 14.0. The lowest BCUT2D eigenvalue weighted by atomic mass is 9.78. The van der Waals surface area contributed by atoms with Gasteiger partial charge in [0.05, 0.1) is 12.9 Å². The summed E-state index contributed by atoms with van der Waals surface area (Å²) in [6, 6.07) is 3.83. The van der Waals surface area contributed by atoms with Crippen LogP contribution in [0.1, 0.15) is 56.4 Å². The van der Waals surface area contributed by atoms with Gasteiger partial charge in [0, 0.05) is 38.3 Å². The molecule has 1 aliphatic carbocycles. The largest absolute Gasteiger partial charge is 0.449 e. The lowest BCUT2D eigenvalue weighted by molar-refractivity contribution is 0.126. The third-order valence-corrected chi connectivity index (χ3v) is 8.97. The summed E-state index contributed by atoms with van der Waals surface area (Å²) < 4.78 is 58.6. The normalized spacial score (nSPS) is 22.1. The second-order valence-corrected chi connectivity index (χ2v) is 12.4. The molecule has 2 saturated heterocycles. The summed E-state index contributed by atoms with van der Waals surface area (Å²) in [5.74, 6) is -0.511. The van der Waals surface area contributed by atoms with E-state index in [2.05, 4.69) is 10.2 Å². The Morgan fingerprint density at radius 1 is 1.03 bits per heavy atom. The molecule has 3 aliphatic rings. The number of alkyl carbamates (subject to hydrolysis) is 1. The summed E-state index contributed by atoms with van der Waals surface area (Å²) in [5, 5.41) is 2.97. The predicted octanol–water partition coefficient (Wildman–Crippen LogP) is 3.71. The van der Waals surface area contributed by atoms with Gasteiger partial charge in [-0.2, -0.15) is 0 Å². The fourth-order valence-electron chi connectivity index (χ4n) is 5.38. The highest BCUT2D eigenvalue weighted by Crippen LogP contribution is 2.37. The molecule has 0 bridgehead atoms. The first-order valence-electron chi connectivity index (χ1n) is 12.7. The highest BCUT2D eigenvalue weighted by atomic mass is 32.2. The Labute approximate surface area is 207 Å². The van der Waals surface area contributed by atoms with E-state index in [1.54, 1.807) is 0 Å². The van der Waals surface area contributed by atoms with Gasteiger partial charge in [-0.1, -0.05) is 0 Å². The van der Waals surface area contributed by atoms with Crippen molar-refractivity contribution in [2.45, 2.75) is 56.9 Å². The number of nitrogens with one attached hydrogen (secondary N) is 1. The maximum atomic E-state index is 14.0. The van der Waals surface area contributed by atoms with Gasteiger partial charge in [0.1, 0.15) is 11.6 Å². The summed E-state index contributed by atoms with van der Waals surface area (Å²) in [6.45, 7) is 3.84. The van der Waals surface area contributed by atoms with E-state index in [0.717, 1.165) is 57.8 Å². The average molecular weight is 514 g/mol. The Balaban J connectivity index is 1.30. The molecule has 1 amide bonds. The van der Waals surface area contributed by atoms with Gasteiger partial charge in [0.25, 0.3) is 0 Å². The van der Waals surface area contributed by atoms with E-state index in [0.29, 0.717) is 44.0 Å². The molecule has 7 nitrogen and oxygen atoms in total. The Bertz CT molecular complexity index is 953. The van der Waals surface area contributed by atoms with E-state index in [9.17, 15) is 22.0 Å². The lowest BCUT2D eigenvalue weighted by Gasteiger charge is -2.37. The van der Waals surface area contributed by atoms with Crippen LogP contribution in [0.3, 0.4) is 0 Å². The van der Waals surface area contributed by atoms with Gasteiger partial charge in [-0.05, 0) is 86.9 Å². The summed E-state index contributed by atoms with van der Waals surface area (Å²) >= 11 is 0. The summed E-state index contributed by atoms with van der Waals surface area (Å²) in [4.78, 5) is 14.3. The Morgan fingerprint density at radius 2 is 1.66 bits per heavy atom. The summed E-state index contributed by atoms with van der Waals surface area (Å²) in [7, 11) is -3.24. The van der Waals surface area contributed by atoms with Crippen LogP contribution in [-0.2, 0) is 14.8 Å². The number of nitrogens with zero attached hydrogens (tertiary/aromatic N) is 2. The van der Waals surface area contributed by atoms with Crippen molar-refractivity contribution in [1.82, 2.24) is 14.5 Å². The SMILES string of the molecule is CS(=O)(=O)N1CCC([C@@H](CCN2CCC(NC(=O)OCC3CC3)CC2)c2cc(F)cc(F)c2)CC1. The van der Waals surface area contributed by atoms with Crippen molar-refractivity contribution in [3.05, 3.63) is 35.4 Å². The zero-order chi connectivity index (χ0) is 25.0. The number of ether oxygens (including phenoxy) is 1. The first-order chi connectivity index (χ1) is 16.7. The lowest BCUT2D eigenvalue weighted by Crippen LogP contribution is -2.45. The van der Waals surface area contributed by atoms with Gasteiger partial charge < -0.3 is 15.0 Å². The van der Waals surface area contributed by atoms with Crippen LogP contribution < -0.4 is 5.32 Å².